The lowest BCUT2D eigenvalue weighted by Gasteiger charge is -2.21. The molecular weight excluding hydrogens is 212 g/mol. The van der Waals surface area contributed by atoms with Gasteiger partial charge in [-0.2, -0.15) is 0 Å². The van der Waals surface area contributed by atoms with Crippen LogP contribution in [0.25, 0.3) is 0 Å². The molecule has 0 saturated heterocycles. The normalized spacial score (nSPS) is 14.2. The van der Waals surface area contributed by atoms with Crippen molar-refractivity contribution >= 4 is 5.91 Å². The summed E-state index contributed by atoms with van der Waals surface area (Å²) in [5, 5.41) is 5.95. The molecule has 2 N–H and O–H groups in total. The van der Waals surface area contributed by atoms with Gasteiger partial charge in [0.25, 0.3) is 0 Å². The minimum atomic E-state index is -0.185. The molecule has 0 aromatic heterocycles. The number of nitrogens with one attached hydrogen (secondary N) is 2. The minimum Gasteiger partial charge on any atom is -0.358 e. The van der Waals surface area contributed by atoms with Crippen molar-refractivity contribution in [3.05, 3.63) is 34.9 Å². The van der Waals surface area contributed by atoms with Gasteiger partial charge in [0.15, 0.2) is 0 Å². The highest BCUT2D eigenvalue weighted by atomic mass is 16.2. The van der Waals surface area contributed by atoms with E-state index in [1.807, 2.05) is 6.92 Å². The molecule has 1 amide bonds. The molecule has 2 atom stereocenters. The number of amides is 1. The molecule has 3 nitrogen and oxygen atoms in total. The molecule has 0 spiro atoms. The van der Waals surface area contributed by atoms with Gasteiger partial charge in [0.2, 0.25) is 5.91 Å². The molecule has 0 radical (unpaired) electrons. The number of hydrogen-bond acceptors (Lipinski definition) is 2. The minimum absolute atomic E-state index is 0.0159. The number of likely N-dealkylation sites (N-methyl/N-ethyl adjacent to an activating group) is 1. The Morgan fingerprint density at radius 2 is 1.88 bits per heavy atom. The molecule has 0 aliphatic heterocycles. The number of hydrogen-bond donors (Lipinski definition) is 2. The van der Waals surface area contributed by atoms with Crippen LogP contribution in [-0.4, -0.2) is 19.0 Å². The van der Waals surface area contributed by atoms with Crippen molar-refractivity contribution < 1.29 is 4.79 Å². The summed E-state index contributed by atoms with van der Waals surface area (Å²) in [5.41, 5.74) is 3.74. The summed E-state index contributed by atoms with van der Waals surface area (Å²) >= 11 is 0. The van der Waals surface area contributed by atoms with E-state index in [0.717, 1.165) is 0 Å². The average molecular weight is 234 g/mol. The quantitative estimate of drug-likeness (QED) is 0.837. The zero-order valence-corrected chi connectivity index (χ0v) is 11.3. The van der Waals surface area contributed by atoms with E-state index in [4.69, 9.17) is 0 Å². The lowest BCUT2D eigenvalue weighted by Crippen LogP contribution is -2.41. The molecule has 0 aliphatic carbocycles. The first-order valence-electron chi connectivity index (χ1n) is 6.00. The Balaban J connectivity index is 2.79. The van der Waals surface area contributed by atoms with E-state index in [1.54, 1.807) is 7.05 Å². The molecule has 1 rings (SSSR count). The van der Waals surface area contributed by atoms with Gasteiger partial charge >= 0.3 is 0 Å². The van der Waals surface area contributed by atoms with E-state index in [0.29, 0.717) is 0 Å². The summed E-state index contributed by atoms with van der Waals surface area (Å²) in [5.74, 6) is 0.0159. The predicted octanol–water partition coefficient (Wildman–Crippen LogP) is 2.09. The third-order valence-electron chi connectivity index (χ3n) is 3.04. The second kappa shape index (κ2) is 5.82. The smallest absolute Gasteiger partial charge is 0.236 e. The summed E-state index contributed by atoms with van der Waals surface area (Å²) in [7, 11) is 1.66. The monoisotopic (exact) mass is 234 g/mol. The zero-order chi connectivity index (χ0) is 13.0. The maximum absolute atomic E-state index is 11.5. The summed E-state index contributed by atoms with van der Waals surface area (Å²) in [4.78, 5) is 11.5. The lowest BCUT2D eigenvalue weighted by molar-refractivity contribution is -0.122. The Labute approximate surface area is 104 Å². The fraction of sp³-hybridized carbons (Fsp3) is 0.500. The third kappa shape index (κ3) is 3.56. The molecule has 0 fully saturated rings. The first-order valence-corrected chi connectivity index (χ1v) is 6.00. The van der Waals surface area contributed by atoms with Gasteiger partial charge in [0.05, 0.1) is 6.04 Å². The van der Waals surface area contributed by atoms with E-state index in [1.165, 1.54) is 16.7 Å². The Bertz CT molecular complexity index is 401. The van der Waals surface area contributed by atoms with Crippen molar-refractivity contribution in [3.8, 4) is 0 Å². The maximum atomic E-state index is 11.5. The van der Waals surface area contributed by atoms with E-state index in [9.17, 15) is 4.79 Å². The summed E-state index contributed by atoms with van der Waals surface area (Å²) in [6.07, 6.45) is 0. The molecule has 0 aliphatic rings. The van der Waals surface area contributed by atoms with Crippen molar-refractivity contribution in [1.82, 2.24) is 10.6 Å². The van der Waals surface area contributed by atoms with Gasteiger partial charge < -0.3 is 5.32 Å². The van der Waals surface area contributed by atoms with Crippen LogP contribution in [0.3, 0.4) is 0 Å². The van der Waals surface area contributed by atoms with E-state index in [-0.39, 0.29) is 18.0 Å². The standard InChI is InChI=1S/C14H22N2O/c1-9-6-7-10(2)13(8-9)11(3)16-12(4)14(17)15-5/h6-8,11-12,16H,1-5H3,(H,15,17). The predicted molar refractivity (Wildman–Crippen MR) is 71.0 cm³/mol. The van der Waals surface area contributed by atoms with Crippen LogP contribution in [0.4, 0.5) is 0 Å². The van der Waals surface area contributed by atoms with Gasteiger partial charge in [-0.3, -0.25) is 10.1 Å². The molecule has 17 heavy (non-hydrogen) atoms. The maximum Gasteiger partial charge on any atom is 0.236 e. The largest absolute Gasteiger partial charge is 0.358 e. The van der Waals surface area contributed by atoms with E-state index < -0.39 is 0 Å². The van der Waals surface area contributed by atoms with E-state index in [2.05, 4.69) is 49.6 Å². The highest BCUT2D eigenvalue weighted by Crippen LogP contribution is 2.19. The summed E-state index contributed by atoms with van der Waals surface area (Å²) in [6.45, 7) is 8.14. The highest BCUT2D eigenvalue weighted by molar-refractivity contribution is 5.80. The van der Waals surface area contributed by atoms with Crippen molar-refractivity contribution in [3.63, 3.8) is 0 Å². The molecule has 3 heteroatoms. The highest BCUT2D eigenvalue weighted by Gasteiger charge is 2.15. The van der Waals surface area contributed by atoms with Gasteiger partial charge in [0.1, 0.15) is 0 Å². The Morgan fingerprint density at radius 3 is 2.47 bits per heavy atom. The van der Waals surface area contributed by atoms with Crippen LogP contribution in [0.2, 0.25) is 0 Å². The first-order chi connectivity index (χ1) is 7.95. The molecule has 0 heterocycles. The summed E-state index contributed by atoms with van der Waals surface area (Å²) < 4.78 is 0. The SMILES string of the molecule is CNC(=O)C(C)NC(C)c1cc(C)ccc1C. The van der Waals surface area contributed by atoms with Crippen LogP contribution in [0.5, 0.6) is 0 Å². The van der Waals surface area contributed by atoms with Crippen molar-refractivity contribution in [2.45, 2.75) is 39.8 Å². The van der Waals surface area contributed by atoms with Crippen LogP contribution in [-0.2, 0) is 4.79 Å². The molecule has 0 saturated carbocycles. The fourth-order valence-electron chi connectivity index (χ4n) is 1.98. The third-order valence-corrected chi connectivity index (χ3v) is 3.04. The van der Waals surface area contributed by atoms with Gasteiger partial charge in [-0.1, -0.05) is 23.8 Å². The van der Waals surface area contributed by atoms with Crippen LogP contribution in [0.15, 0.2) is 18.2 Å². The van der Waals surface area contributed by atoms with Crippen LogP contribution >= 0.6 is 0 Å². The molecule has 1 aromatic rings. The molecule has 0 bridgehead atoms. The van der Waals surface area contributed by atoms with Crippen LogP contribution in [0.1, 0.15) is 36.6 Å². The fourth-order valence-corrected chi connectivity index (χ4v) is 1.98. The number of aryl methyl sites for hydroxylation is 2. The molecule has 1 aromatic carbocycles. The average Bonchev–Trinajstić information content (AvgIpc) is 2.30. The van der Waals surface area contributed by atoms with Gasteiger partial charge in [-0.25, -0.2) is 0 Å². The molecule has 94 valence electrons. The molecule has 2 unspecified atom stereocenters. The first kappa shape index (κ1) is 13.7. The Hall–Kier alpha value is -1.35. The van der Waals surface area contributed by atoms with E-state index >= 15 is 0 Å². The second-order valence-electron chi connectivity index (χ2n) is 4.58. The lowest BCUT2D eigenvalue weighted by atomic mass is 9.99. The van der Waals surface area contributed by atoms with Crippen molar-refractivity contribution in [2.75, 3.05) is 7.05 Å². The number of carbonyl (C=O) groups excluding carboxylic acids is 1. The van der Waals surface area contributed by atoms with Crippen LogP contribution < -0.4 is 10.6 Å². The van der Waals surface area contributed by atoms with Gasteiger partial charge in [0, 0.05) is 13.1 Å². The Kier molecular flexibility index (Phi) is 4.70. The Morgan fingerprint density at radius 1 is 1.24 bits per heavy atom. The second-order valence-corrected chi connectivity index (χ2v) is 4.58. The van der Waals surface area contributed by atoms with Gasteiger partial charge in [-0.15, -0.1) is 0 Å². The molecular formula is C14H22N2O. The van der Waals surface area contributed by atoms with Gasteiger partial charge in [-0.05, 0) is 38.8 Å². The number of benzene rings is 1. The van der Waals surface area contributed by atoms with Crippen molar-refractivity contribution in [2.24, 2.45) is 0 Å². The zero-order valence-electron chi connectivity index (χ0n) is 11.3. The number of carbonyl (C=O) groups is 1. The summed E-state index contributed by atoms with van der Waals surface area (Å²) in [6, 6.07) is 6.38. The van der Waals surface area contributed by atoms with Crippen LogP contribution in [0, 0.1) is 13.8 Å². The number of rotatable bonds is 4. The topological polar surface area (TPSA) is 41.1 Å². The van der Waals surface area contributed by atoms with Crippen molar-refractivity contribution in [1.29, 1.82) is 0 Å².